The van der Waals surface area contributed by atoms with Crippen molar-refractivity contribution in [3.8, 4) is 6.07 Å². The molecule has 0 radical (unpaired) electrons. The molecule has 2 aromatic rings. The summed E-state index contributed by atoms with van der Waals surface area (Å²) in [5.41, 5.74) is 1.94. The van der Waals surface area contributed by atoms with Gasteiger partial charge in [0.15, 0.2) is 0 Å². The zero-order valence-corrected chi connectivity index (χ0v) is 10.5. The monoisotopic (exact) mass is 274 g/mol. The van der Waals surface area contributed by atoms with E-state index in [2.05, 4.69) is 27.0 Å². The Hall–Kier alpha value is -1.40. The second kappa shape index (κ2) is 4.63. The van der Waals surface area contributed by atoms with Crippen molar-refractivity contribution in [1.82, 2.24) is 4.98 Å². The molecular formula is C13H11BrN2. The van der Waals surface area contributed by atoms with Crippen LogP contribution in [-0.4, -0.2) is 4.98 Å². The van der Waals surface area contributed by atoms with Crippen LogP contribution in [0.1, 0.15) is 12.6 Å². The molecule has 1 unspecified atom stereocenters. The summed E-state index contributed by atoms with van der Waals surface area (Å²) >= 11 is 3.43. The summed E-state index contributed by atoms with van der Waals surface area (Å²) in [5.74, 6) is 0.0112. The van der Waals surface area contributed by atoms with Crippen LogP contribution in [0, 0.1) is 17.2 Å². The molecule has 0 fully saturated rings. The van der Waals surface area contributed by atoms with Crippen molar-refractivity contribution in [3.05, 3.63) is 40.5 Å². The van der Waals surface area contributed by atoms with E-state index in [9.17, 15) is 0 Å². The average Bonchev–Trinajstić information content (AvgIpc) is 2.28. The number of nitrogens with zero attached hydrogens (tertiary/aromatic N) is 2. The van der Waals surface area contributed by atoms with Crippen LogP contribution in [-0.2, 0) is 6.42 Å². The summed E-state index contributed by atoms with van der Waals surface area (Å²) in [6, 6.07) is 12.3. The molecule has 1 atom stereocenters. The first kappa shape index (κ1) is 11.1. The highest BCUT2D eigenvalue weighted by Crippen LogP contribution is 2.19. The Kier molecular flexibility index (Phi) is 3.21. The number of aromatic nitrogens is 1. The van der Waals surface area contributed by atoms with E-state index < -0.39 is 0 Å². The molecule has 1 aromatic heterocycles. The number of fused-ring (bicyclic) bond motifs is 1. The minimum atomic E-state index is 0.0112. The van der Waals surface area contributed by atoms with Crippen molar-refractivity contribution in [2.75, 3.05) is 0 Å². The zero-order valence-electron chi connectivity index (χ0n) is 8.94. The fourth-order valence-corrected chi connectivity index (χ4v) is 1.95. The number of pyridine rings is 1. The summed E-state index contributed by atoms with van der Waals surface area (Å²) in [4.78, 5) is 4.54. The second-order valence-corrected chi connectivity index (χ2v) is 4.79. The minimum Gasteiger partial charge on any atom is -0.253 e. The van der Waals surface area contributed by atoms with E-state index in [0.29, 0.717) is 6.42 Å². The van der Waals surface area contributed by atoms with Crippen molar-refractivity contribution >= 4 is 26.8 Å². The van der Waals surface area contributed by atoms with E-state index in [4.69, 9.17) is 5.26 Å². The van der Waals surface area contributed by atoms with Gasteiger partial charge in [0.25, 0.3) is 0 Å². The van der Waals surface area contributed by atoms with Crippen LogP contribution in [0.5, 0.6) is 0 Å². The molecule has 16 heavy (non-hydrogen) atoms. The molecule has 0 aliphatic carbocycles. The predicted octanol–water partition coefficient (Wildman–Crippen LogP) is 3.70. The van der Waals surface area contributed by atoms with Crippen LogP contribution < -0.4 is 0 Å². The molecule has 80 valence electrons. The largest absolute Gasteiger partial charge is 0.253 e. The van der Waals surface area contributed by atoms with E-state index >= 15 is 0 Å². The SMILES string of the molecule is CC(C#N)Cc1ccc2ccc(Br)cc2n1. The number of rotatable bonds is 2. The van der Waals surface area contributed by atoms with Gasteiger partial charge in [-0.05, 0) is 25.1 Å². The predicted molar refractivity (Wildman–Crippen MR) is 67.9 cm³/mol. The first-order chi connectivity index (χ1) is 7.69. The molecule has 0 spiro atoms. The molecule has 1 aromatic carbocycles. The van der Waals surface area contributed by atoms with E-state index in [1.54, 1.807) is 0 Å². The number of hydrogen-bond acceptors (Lipinski definition) is 2. The van der Waals surface area contributed by atoms with Crippen LogP contribution in [0.4, 0.5) is 0 Å². The highest BCUT2D eigenvalue weighted by Gasteiger charge is 2.04. The summed E-state index contributed by atoms with van der Waals surface area (Å²) in [6.45, 7) is 1.91. The number of nitriles is 1. The van der Waals surface area contributed by atoms with Crippen LogP contribution in [0.3, 0.4) is 0 Å². The molecular weight excluding hydrogens is 264 g/mol. The zero-order chi connectivity index (χ0) is 11.5. The molecule has 0 aliphatic heterocycles. The minimum absolute atomic E-state index is 0.0112. The molecule has 2 nitrogen and oxygen atoms in total. The Balaban J connectivity index is 2.39. The normalized spacial score (nSPS) is 12.3. The van der Waals surface area contributed by atoms with Gasteiger partial charge in [-0.3, -0.25) is 4.98 Å². The molecule has 0 saturated carbocycles. The van der Waals surface area contributed by atoms with Crippen molar-refractivity contribution < 1.29 is 0 Å². The number of benzene rings is 1. The molecule has 3 heteroatoms. The fraction of sp³-hybridized carbons (Fsp3) is 0.231. The molecule has 0 saturated heterocycles. The third kappa shape index (κ3) is 2.40. The molecule has 0 aliphatic rings. The third-order valence-corrected chi connectivity index (χ3v) is 2.94. The lowest BCUT2D eigenvalue weighted by atomic mass is 10.1. The Morgan fingerprint density at radius 1 is 1.38 bits per heavy atom. The Bertz CT molecular complexity index is 557. The van der Waals surface area contributed by atoms with Gasteiger partial charge in [-0.25, -0.2) is 0 Å². The Morgan fingerprint density at radius 2 is 2.12 bits per heavy atom. The summed E-state index contributed by atoms with van der Waals surface area (Å²) in [5, 5.41) is 9.89. The maximum absolute atomic E-state index is 8.77. The smallest absolute Gasteiger partial charge is 0.0716 e. The van der Waals surface area contributed by atoms with Crippen molar-refractivity contribution in [2.24, 2.45) is 5.92 Å². The maximum Gasteiger partial charge on any atom is 0.0716 e. The van der Waals surface area contributed by atoms with Gasteiger partial charge in [0.1, 0.15) is 0 Å². The van der Waals surface area contributed by atoms with Gasteiger partial charge < -0.3 is 0 Å². The first-order valence-electron chi connectivity index (χ1n) is 5.14. The summed E-state index contributed by atoms with van der Waals surface area (Å²) in [7, 11) is 0. The van der Waals surface area contributed by atoms with Gasteiger partial charge in [-0.15, -0.1) is 0 Å². The summed E-state index contributed by atoms with van der Waals surface area (Å²) in [6.07, 6.45) is 0.707. The second-order valence-electron chi connectivity index (χ2n) is 3.87. The van der Waals surface area contributed by atoms with Crippen molar-refractivity contribution in [1.29, 1.82) is 5.26 Å². The van der Waals surface area contributed by atoms with Gasteiger partial charge >= 0.3 is 0 Å². The van der Waals surface area contributed by atoms with Gasteiger partial charge in [0.05, 0.1) is 11.6 Å². The van der Waals surface area contributed by atoms with Crippen molar-refractivity contribution in [3.63, 3.8) is 0 Å². The standard InChI is InChI=1S/C13H11BrN2/c1-9(8-15)6-12-5-3-10-2-4-11(14)7-13(10)16-12/h2-5,7,9H,6H2,1H3. The Labute approximate surface area is 103 Å². The topological polar surface area (TPSA) is 36.7 Å². The summed E-state index contributed by atoms with van der Waals surface area (Å²) < 4.78 is 1.03. The van der Waals surface area contributed by atoms with E-state index in [-0.39, 0.29) is 5.92 Å². The molecule has 1 heterocycles. The Morgan fingerprint density at radius 3 is 2.88 bits per heavy atom. The first-order valence-corrected chi connectivity index (χ1v) is 5.93. The van der Waals surface area contributed by atoms with Crippen molar-refractivity contribution in [2.45, 2.75) is 13.3 Å². The van der Waals surface area contributed by atoms with Crippen LogP contribution in [0.2, 0.25) is 0 Å². The lowest BCUT2D eigenvalue weighted by molar-refractivity contribution is 0.724. The van der Waals surface area contributed by atoms with Gasteiger partial charge in [0.2, 0.25) is 0 Å². The van der Waals surface area contributed by atoms with Crippen LogP contribution >= 0.6 is 15.9 Å². The van der Waals surface area contributed by atoms with Gasteiger partial charge in [0, 0.05) is 27.9 Å². The van der Waals surface area contributed by atoms with E-state index in [1.807, 2.05) is 37.3 Å². The molecule has 2 rings (SSSR count). The van der Waals surface area contributed by atoms with Gasteiger partial charge in [-0.2, -0.15) is 5.26 Å². The average molecular weight is 275 g/mol. The quantitative estimate of drug-likeness (QED) is 0.837. The lowest BCUT2D eigenvalue weighted by Crippen LogP contribution is -1.98. The number of halogens is 1. The highest BCUT2D eigenvalue weighted by molar-refractivity contribution is 9.10. The molecule has 0 N–H and O–H groups in total. The lowest BCUT2D eigenvalue weighted by Gasteiger charge is -2.04. The van der Waals surface area contributed by atoms with E-state index in [0.717, 1.165) is 21.1 Å². The fourth-order valence-electron chi connectivity index (χ4n) is 1.61. The maximum atomic E-state index is 8.77. The van der Waals surface area contributed by atoms with E-state index in [1.165, 1.54) is 0 Å². The highest BCUT2D eigenvalue weighted by atomic mass is 79.9. The third-order valence-electron chi connectivity index (χ3n) is 2.45. The van der Waals surface area contributed by atoms with Gasteiger partial charge in [-0.1, -0.05) is 28.1 Å². The number of hydrogen-bond donors (Lipinski definition) is 0. The van der Waals surface area contributed by atoms with Crippen LogP contribution in [0.25, 0.3) is 10.9 Å². The van der Waals surface area contributed by atoms with Crippen LogP contribution in [0.15, 0.2) is 34.8 Å². The molecule has 0 bridgehead atoms. The molecule has 0 amide bonds.